The van der Waals surface area contributed by atoms with Gasteiger partial charge in [-0.05, 0) is 65.7 Å². The molecular weight excluding hydrogens is 382 g/mol. The van der Waals surface area contributed by atoms with Crippen LogP contribution in [0, 0.1) is 34.0 Å². The minimum Gasteiger partial charge on any atom is -0.309 e. The quantitative estimate of drug-likeness (QED) is 0.397. The van der Waals surface area contributed by atoms with Crippen molar-refractivity contribution in [2.45, 2.75) is 0 Å². The lowest BCUT2D eigenvalue weighted by Crippen LogP contribution is -1.96. The Bertz CT molecular complexity index is 1540. The largest absolute Gasteiger partial charge is 0.309 e. The number of benzene rings is 3. The van der Waals surface area contributed by atoms with Gasteiger partial charge in [0.2, 0.25) is 0 Å². The molecule has 0 bridgehead atoms. The topological polar surface area (TPSA) is 89.2 Å². The maximum absolute atomic E-state index is 9.66. The number of nitriles is 3. The summed E-state index contributed by atoms with van der Waals surface area (Å²) < 4.78 is 2.01. The fourth-order valence-electron chi connectivity index (χ4n) is 3.95. The summed E-state index contributed by atoms with van der Waals surface area (Å²) >= 11 is 0. The van der Waals surface area contributed by atoms with Crippen LogP contribution in [-0.2, 0) is 0 Å². The second kappa shape index (κ2) is 7.16. The molecule has 0 atom stereocenters. The van der Waals surface area contributed by atoms with Crippen LogP contribution >= 0.6 is 0 Å². The average molecular weight is 395 g/mol. The van der Waals surface area contributed by atoms with Gasteiger partial charge < -0.3 is 4.57 Å². The molecule has 31 heavy (non-hydrogen) atoms. The molecule has 0 radical (unpaired) electrons. The SMILES string of the molecule is N#Cc1cc(-c2ccncc2)cc(-n2c3cc(C#N)ccc3c3ccc(C#N)cc32)c1. The molecule has 0 spiro atoms. The number of pyridine rings is 1. The van der Waals surface area contributed by atoms with Gasteiger partial charge in [0.1, 0.15) is 0 Å². The zero-order chi connectivity index (χ0) is 21.4. The zero-order valence-corrected chi connectivity index (χ0v) is 16.2. The molecular formula is C26H13N5. The lowest BCUT2D eigenvalue weighted by atomic mass is 10.0. The molecule has 2 aromatic heterocycles. The molecule has 2 heterocycles. The Labute approximate surface area is 178 Å². The number of aromatic nitrogens is 2. The number of rotatable bonds is 2. The molecule has 5 nitrogen and oxygen atoms in total. The lowest BCUT2D eigenvalue weighted by Gasteiger charge is -2.11. The van der Waals surface area contributed by atoms with Crippen LogP contribution in [0.5, 0.6) is 0 Å². The van der Waals surface area contributed by atoms with E-state index in [1.807, 2.05) is 59.2 Å². The minimum atomic E-state index is 0.521. The Morgan fingerprint density at radius 3 is 1.71 bits per heavy atom. The molecule has 5 aromatic rings. The summed E-state index contributed by atoms with van der Waals surface area (Å²) in [6.07, 6.45) is 3.43. The normalized spacial score (nSPS) is 10.5. The Morgan fingerprint density at radius 1 is 0.581 bits per heavy atom. The third-order valence-electron chi connectivity index (χ3n) is 5.34. The fourth-order valence-corrected chi connectivity index (χ4v) is 3.95. The third-order valence-corrected chi connectivity index (χ3v) is 5.34. The van der Waals surface area contributed by atoms with Crippen LogP contribution in [0.1, 0.15) is 16.7 Å². The number of nitrogens with zero attached hydrogens (tertiary/aromatic N) is 5. The maximum atomic E-state index is 9.66. The summed E-state index contributed by atoms with van der Waals surface area (Å²) in [7, 11) is 0. The molecule has 0 amide bonds. The van der Waals surface area contributed by atoms with Crippen molar-refractivity contribution in [3.63, 3.8) is 0 Å². The summed E-state index contributed by atoms with van der Waals surface area (Å²) in [5.41, 5.74) is 5.93. The molecule has 0 aliphatic heterocycles. The predicted octanol–water partition coefficient (Wildman–Crippen LogP) is 5.46. The van der Waals surface area contributed by atoms with E-state index in [1.165, 1.54) is 0 Å². The van der Waals surface area contributed by atoms with Crippen molar-refractivity contribution < 1.29 is 0 Å². The summed E-state index contributed by atoms with van der Waals surface area (Å²) in [5.74, 6) is 0. The number of hydrogen-bond acceptors (Lipinski definition) is 4. The van der Waals surface area contributed by atoms with E-state index in [2.05, 4.69) is 23.2 Å². The van der Waals surface area contributed by atoms with Gasteiger partial charge in [-0.15, -0.1) is 0 Å². The molecule has 0 unspecified atom stereocenters. The van der Waals surface area contributed by atoms with E-state index in [-0.39, 0.29) is 0 Å². The van der Waals surface area contributed by atoms with Gasteiger partial charge in [0.05, 0.1) is 45.9 Å². The molecule has 0 aliphatic carbocycles. The molecule has 3 aromatic carbocycles. The van der Waals surface area contributed by atoms with Gasteiger partial charge >= 0.3 is 0 Å². The van der Waals surface area contributed by atoms with Crippen molar-refractivity contribution in [3.05, 3.63) is 95.8 Å². The highest BCUT2D eigenvalue weighted by atomic mass is 15.0. The van der Waals surface area contributed by atoms with Crippen molar-refractivity contribution in [3.8, 4) is 35.0 Å². The van der Waals surface area contributed by atoms with Gasteiger partial charge in [0.25, 0.3) is 0 Å². The maximum Gasteiger partial charge on any atom is 0.0992 e. The predicted molar refractivity (Wildman–Crippen MR) is 118 cm³/mol. The van der Waals surface area contributed by atoms with Crippen molar-refractivity contribution in [1.82, 2.24) is 9.55 Å². The van der Waals surface area contributed by atoms with Crippen LogP contribution in [0.15, 0.2) is 79.1 Å². The number of hydrogen-bond donors (Lipinski definition) is 0. The fraction of sp³-hybridized carbons (Fsp3) is 0. The van der Waals surface area contributed by atoms with Crippen molar-refractivity contribution >= 4 is 21.8 Å². The average Bonchev–Trinajstić information content (AvgIpc) is 3.16. The summed E-state index contributed by atoms with van der Waals surface area (Å²) in [6, 6.07) is 27.2. The van der Waals surface area contributed by atoms with Gasteiger partial charge in [0, 0.05) is 28.9 Å². The second-order valence-corrected chi connectivity index (χ2v) is 7.14. The molecule has 5 heteroatoms. The summed E-state index contributed by atoms with van der Waals surface area (Å²) in [5, 5.41) is 30.5. The number of fused-ring (bicyclic) bond motifs is 3. The molecule has 5 rings (SSSR count). The van der Waals surface area contributed by atoms with Gasteiger partial charge in [-0.3, -0.25) is 4.98 Å². The molecule has 0 N–H and O–H groups in total. The van der Waals surface area contributed by atoms with Crippen LogP contribution in [0.25, 0.3) is 38.6 Å². The van der Waals surface area contributed by atoms with Crippen LogP contribution in [0.4, 0.5) is 0 Å². The Balaban J connectivity index is 1.91. The van der Waals surface area contributed by atoms with Crippen LogP contribution in [0.3, 0.4) is 0 Å². The van der Waals surface area contributed by atoms with Crippen LogP contribution in [0.2, 0.25) is 0 Å². The highest BCUT2D eigenvalue weighted by Gasteiger charge is 2.15. The second-order valence-electron chi connectivity index (χ2n) is 7.14. The third kappa shape index (κ3) is 2.97. The standard InChI is InChI=1S/C26H13N5/c27-14-17-1-3-23-24-4-2-18(15-28)12-26(24)31(25(23)11-17)22-10-19(16-29)9-21(13-22)20-5-7-30-8-6-20/h1-13H. The van der Waals surface area contributed by atoms with E-state index >= 15 is 0 Å². The highest BCUT2D eigenvalue weighted by molar-refractivity contribution is 6.10. The summed E-state index contributed by atoms with van der Waals surface area (Å²) in [6.45, 7) is 0. The van der Waals surface area contributed by atoms with E-state index in [1.54, 1.807) is 24.5 Å². The molecule has 0 saturated heterocycles. The Hall–Kier alpha value is -4.92. The van der Waals surface area contributed by atoms with Crippen molar-refractivity contribution in [2.24, 2.45) is 0 Å². The highest BCUT2D eigenvalue weighted by Crippen LogP contribution is 2.35. The molecule has 0 fully saturated rings. The Morgan fingerprint density at radius 2 is 1.16 bits per heavy atom. The van der Waals surface area contributed by atoms with Gasteiger partial charge in [0.15, 0.2) is 0 Å². The van der Waals surface area contributed by atoms with Crippen molar-refractivity contribution in [1.29, 1.82) is 15.8 Å². The van der Waals surface area contributed by atoms with Crippen LogP contribution in [-0.4, -0.2) is 9.55 Å². The first-order valence-electron chi connectivity index (χ1n) is 9.56. The van der Waals surface area contributed by atoms with E-state index in [0.717, 1.165) is 38.6 Å². The van der Waals surface area contributed by atoms with Gasteiger partial charge in [-0.2, -0.15) is 15.8 Å². The first-order valence-corrected chi connectivity index (χ1v) is 9.56. The molecule has 0 aliphatic rings. The first-order chi connectivity index (χ1) is 15.2. The minimum absolute atomic E-state index is 0.521. The molecule has 0 saturated carbocycles. The Kier molecular flexibility index (Phi) is 4.19. The molecule has 142 valence electrons. The lowest BCUT2D eigenvalue weighted by molar-refractivity contribution is 1.17. The first kappa shape index (κ1) is 18.1. The zero-order valence-electron chi connectivity index (χ0n) is 16.2. The van der Waals surface area contributed by atoms with Gasteiger partial charge in [-0.1, -0.05) is 12.1 Å². The van der Waals surface area contributed by atoms with E-state index in [0.29, 0.717) is 16.7 Å². The van der Waals surface area contributed by atoms with E-state index in [9.17, 15) is 15.8 Å². The van der Waals surface area contributed by atoms with Crippen molar-refractivity contribution in [2.75, 3.05) is 0 Å². The van der Waals surface area contributed by atoms with E-state index < -0.39 is 0 Å². The van der Waals surface area contributed by atoms with E-state index in [4.69, 9.17) is 0 Å². The van der Waals surface area contributed by atoms with Gasteiger partial charge in [-0.25, -0.2) is 0 Å². The summed E-state index contributed by atoms with van der Waals surface area (Å²) in [4.78, 5) is 4.07. The van der Waals surface area contributed by atoms with Crippen LogP contribution < -0.4 is 0 Å². The monoisotopic (exact) mass is 395 g/mol. The smallest absolute Gasteiger partial charge is 0.0992 e.